The van der Waals surface area contributed by atoms with Crippen LogP contribution in [0.3, 0.4) is 0 Å². The Kier molecular flexibility index (Phi) is 6.59. The van der Waals surface area contributed by atoms with Crippen LogP contribution in [0, 0.1) is 0 Å². The summed E-state index contributed by atoms with van der Waals surface area (Å²) in [5.74, 6) is 1.14. The number of carbonyl (C=O) groups excluding carboxylic acids is 1. The number of hydrogen-bond donors (Lipinski definition) is 1. The molecule has 1 aromatic heterocycles. The number of carbonyl (C=O) groups is 1. The number of nitrogens with one attached hydrogen (secondary N) is 1. The standard InChI is InChI=1S/C29H24ClN3O2/c1-35-23-13-14-24-21(18-23)10-16-25-28(24)31-26(15-9-19-5-3-2-4-6-19)29(32-25)33-27(34)17-20-7-11-22(30)12-8-20/h2-9,11-15,18H,10,16-17H2,1H3,(H,32,33,34)/b15-9+. The van der Waals surface area contributed by atoms with E-state index in [2.05, 4.69) is 11.4 Å². The molecule has 0 radical (unpaired) electrons. The van der Waals surface area contributed by atoms with Gasteiger partial charge in [-0.05, 0) is 65.9 Å². The van der Waals surface area contributed by atoms with E-state index >= 15 is 0 Å². The third-order valence-corrected chi connectivity index (χ3v) is 6.21. The number of amides is 1. The Morgan fingerprint density at radius 2 is 1.80 bits per heavy atom. The Bertz CT molecular complexity index is 1400. The van der Waals surface area contributed by atoms with Gasteiger partial charge in [0.1, 0.15) is 11.4 Å². The molecule has 4 aromatic rings. The summed E-state index contributed by atoms with van der Waals surface area (Å²) in [5.41, 5.74) is 6.48. The maximum atomic E-state index is 12.9. The molecule has 1 aliphatic rings. The lowest BCUT2D eigenvalue weighted by atomic mass is 9.91. The van der Waals surface area contributed by atoms with Crippen LogP contribution in [0.2, 0.25) is 5.02 Å². The molecule has 1 aliphatic carbocycles. The molecule has 3 aromatic carbocycles. The molecule has 35 heavy (non-hydrogen) atoms. The number of benzene rings is 3. The second-order valence-electron chi connectivity index (χ2n) is 8.37. The van der Waals surface area contributed by atoms with Gasteiger partial charge in [0.15, 0.2) is 5.82 Å². The zero-order chi connectivity index (χ0) is 24.2. The van der Waals surface area contributed by atoms with Crippen molar-refractivity contribution < 1.29 is 9.53 Å². The highest BCUT2D eigenvalue weighted by Crippen LogP contribution is 2.35. The zero-order valence-electron chi connectivity index (χ0n) is 19.3. The number of aromatic nitrogens is 2. The van der Waals surface area contributed by atoms with Gasteiger partial charge in [0.2, 0.25) is 5.91 Å². The second-order valence-corrected chi connectivity index (χ2v) is 8.81. The number of aryl methyl sites for hydroxylation is 2. The molecule has 0 atom stereocenters. The summed E-state index contributed by atoms with van der Waals surface area (Å²) in [4.78, 5) is 22.7. The van der Waals surface area contributed by atoms with E-state index in [1.165, 1.54) is 5.56 Å². The predicted octanol–water partition coefficient (Wildman–Crippen LogP) is 6.26. The van der Waals surface area contributed by atoms with Crippen LogP contribution in [0.4, 0.5) is 5.82 Å². The molecule has 5 nitrogen and oxygen atoms in total. The van der Waals surface area contributed by atoms with Gasteiger partial charge in [0, 0.05) is 10.6 Å². The Morgan fingerprint density at radius 3 is 2.57 bits per heavy atom. The van der Waals surface area contributed by atoms with Gasteiger partial charge in [0.25, 0.3) is 0 Å². The van der Waals surface area contributed by atoms with E-state index in [0.29, 0.717) is 16.5 Å². The van der Waals surface area contributed by atoms with Crippen molar-refractivity contribution in [1.29, 1.82) is 0 Å². The molecule has 0 saturated heterocycles. The molecule has 0 bridgehead atoms. The van der Waals surface area contributed by atoms with E-state index in [9.17, 15) is 4.79 Å². The molecule has 5 rings (SSSR count). The van der Waals surface area contributed by atoms with E-state index < -0.39 is 0 Å². The summed E-state index contributed by atoms with van der Waals surface area (Å²) in [6.45, 7) is 0. The highest BCUT2D eigenvalue weighted by Gasteiger charge is 2.22. The summed E-state index contributed by atoms with van der Waals surface area (Å²) in [7, 11) is 1.67. The molecule has 0 saturated carbocycles. The maximum Gasteiger partial charge on any atom is 0.230 e. The first-order valence-corrected chi connectivity index (χ1v) is 11.8. The highest BCUT2D eigenvalue weighted by molar-refractivity contribution is 6.30. The summed E-state index contributed by atoms with van der Waals surface area (Å²) in [6, 6.07) is 23.3. The van der Waals surface area contributed by atoms with Crippen LogP contribution in [0.5, 0.6) is 5.75 Å². The SMILES string of the molecule is COc1ccc2c(c1)CCc1nc(NC(=O)Cc3ccc(Cl)cc3)c(/C=C/c3ccccc3)nc1-2. The number of halogens is 1. The van der Waals surface area contributed by atoms with Gasteiger partial charge in [-0.15, -0.1) is 0 Å². The van der Waals surface area contributed by atoms with Crippen molar-refractivity contribution in [2.75, 3.05) is 12.4 Å². The number of fused-ring (bicyclic) bond motifs is 3. The van der Waals surface area contributed by atoms with Gasteiger partial charge in [0.05, 0.1) is 24.9 Å². The van der Waals surface area contributed by atoms with Crippen LogP contribution in [-0.4, -0.2) is 23.0 Å². The lowest BCUT2D eigenvalue weighted by Crippen LogP contribution is -2.19. The van der Waals surface area contributed by atoms with E-state index in [1.807, 2.05) is 66.7 Å². The van der Waals surface area contributed by atoms with Crippen LogP contribution in [0.15, 0.2) is 72.8 Å². The van der Waals surface area contributed by atoms with Gasteiger partial charge in [-0.3, -0.25) is 4.79 Å². The van der Waals surface area contributed by atoms with Crippen molar-refractivity contribution >= 4 is 35.5 Å². The minimum absolute atomic E-state index is 0.156. The average Bonchev–Trinajstić information content (AvgIpc) is 2.89. The Labute approximate surface area is 209 Å². The lowest BCUT2D eigenvalue weighted by Gasteiger charge is -2.21. The summed E-state index contributed by atoms with van der Waals surface area (Å²) in [6.07, 6.45) is 5.68. The van der Waals surface area contributed by atoms with Crippen LogP contribution >= 0.6 is 11.6 Å². The van der Waals surface area contributed by atoms with Crippen LogP contribution in [-0.2, 0) is 24.1 Å². The molecule has 6 heteroatoms. The molecular formula is C29H24ClN3O2. The van der Waals surface area contributed by atoms with E-state index in [-0.39, 0.29) is 12.3 Å². The lowest BCUT2D eigenvalue weighted by molar-refractivity contribution is -0.115. The van der Waals surface area contributed by atoms with Crippen LogP contribution < -0.4 is 10.1 Å². The monoisotopic (exact) mass is 481 g/mol. The van der Waals surface area contributed by atoms with Crippen molar-refractivity contribution in [2.45, 2.75) is 19.3 Å². The van der Waals surface area contributed by atoms with Crippen molar-refractivity contribution in [3.8, 4) is 17.0 Å². The largest absolute Gasteiger partial charge is 0.497 e. The Hall–Kier alpha value is -3.96. The molecule has 0 unspecified atom stereocenters. The van der Waals surface area contributed by atoms with E-state index in [4.69, 9.17) is 26.3 Å². The number of nitrogens with zero attached hydrogens (tertiary/aromatic N) is 2. The number of rotatable bonds is 6. The van der Waals surface area contributed by atoms with Crippen LogP contribution in [0.25, 0.3) is 23.4 Å². The molecule has 174 valence electrons. The van der Waals surface area contributed by atoms with Crippen molar-refractivity contribution in [3.63, 3.8) is 0 Å². The minimum Gasteiger partial charge on any atom is -0.497 e. The van der Waals surface area contributed by atoms with Gasteiger partial charge >= 0.3 is 0 Å². The molecule has 0 aliphatic heterocycles. The fourth-order valence-corrected chi connectivity index (χ4v) is 4.30. The fraction of sp³-hybridized carbons (Fsp3) is 0.138. The number of ether oxygens (including phenoxy) is 1. The minimum atomic E-state index is -0.156. The second kappa shape index (κ2) is 10.1. The Balaban J connectivity index is 1.50. The third-order valence-electron chi connectivity index (χ3n) is 5.96. The third kappa shape index (κ3) is 5.26. The zero-order valence-corrected chi connectivity index (χ0v) is 20.0. The Morgan fingerprint density at radius 1 is 1.00 bits per heavy atom. The number of methoxy groups -OCH3 is 1. The normalized spacial score (nSPS) is 12.2. The molecule has 1 amide bonds. The van der Waals surface area contributed by atoms with Gasteiger partial charge in [-0.25, -0.2) is 9.97 Å². The summed E-state index contributed by atoms with van der Waals surface area (Å²) >= 11 is 5.97. The molecule has 0 spiro atoms. The molecule has 0 fully saturated rings. The first-order chi connectivity index (χ1) is 17.1. The molecule has 1 N–H and O–H groups in total. The van der Waals surface area contributed by atoms with Crippen molar-refractivity contribution in [2.24, 2.45) is 0 Å². The molecular weight excluding hydrogens is 458 g/mol. The fourth-order valence-electron chi connectivity index (χ4n) is 4.17. The van der Waals surface area contributed by atoms with Gasteiger partial charge in [-0.2, -0.15) is 0 Å². The highest BCUT2D eigenvalue weighted by atomic mass is 35.5. The van der Waals surface area contributed by atoms with Gasteiger partial charge in [-0.1, -0.05) is 60.1 Å². The first-order valence-electron chi connectivity index (χ1n) is 11.4. The number of anilines is 1. The quantitative estimate of drug-likeness (QED) is 0.353. The first kappa shape index (κ1) is 22.8. The summed E-state index contributed by atoms with van der Waals surface area (Å²) < 4.78 is 5.40. The maximum absolute atomic E-state index is 12.9. The smallest absolute Gasteiger partial charge is 0.230 e. The van der Waals surface area contributed by atoms with Crippen molar-refractivity contribution in [1.82, 2.24) is 9.97 Å². The topological polar surface area (TPSA) is 64.1 Å². The molecule has 1 heterocycles. The van der Waals surface area contributed by atoms with E-state index in [1.54, 1.807) is 19.2 Å². The van der Waals surface area contributed by atoms with Gasteiger partial charge < -0.3 is 10.1 Å². The predicted molar refractivity (Wildman–Crippen MR) is 141 cm³/mol. The van der Waals surface area contributed by atoms with Crippen LogP contribution in [0.1, 0.15) is 28.1 Å². The summed E-state index contributed by atoms with van der Waals surface area (Å²) in [5, 5.41) is 3.63. The number of hydrogen-bond acceptors (Lipinski definition) is 4. The van der Waals surface area contributed by atoms with Crippen molar-refractivity contribution in [3.05, 3.63) is 106 Å². The average molecular weight is 482 g/mol. The van der Waals surface area contributed by atoms with E-state index in [0.717, 1.165) is 46.7 Å².